The highest BCUT2D eigenvalue weighted by atomic mass is 16.2. The van der Waals surface area contributed by atoms with Gasteiger partial charge in [-0.25, -0.2) is 4.79 Å². The maximum Gasteiger partial charge on any atom is 0.321 e. The Morgan fingerprint density at radius 1 is 1.04 bits per heavy atom. The van der Waals surface area contributed by atoms with Crippen LogP contribution < -0.4 is 5.32 Å². The van der Waals surface area contributed by atoms with Crippen LogP contribution in [0.4, 0.5) is 10.5 Å². The molecule has 1 saturated heterocycles. The first kappa shape index (κ1) is 17.0. The second-order valence-corrected chi connectivity index (χ2v) is 6.88. The fourth-order valence-corrected chi connectivity index (χ4v) is 3.75. The van der Waals surface area contributed by atoms with E-state index in [1.54, 1.807) is 18.2 Å². The Balaban J connectivity index is 1.51. The first-order valence-electron chi connectivity index (χ1n) is 9.04. The first-order chi connectivity index (χ1) is 11.6. The summed E-state index contributed by atoms with van der Waals surface area (Å²) in [5, 5.41) is 2.92. The lowest BCUT2D eigenvalue weighted by molar-refractivity contribution is 0.0943. The lowest BCUT2D eigenvalue weighted by Gasteiger charge is -2.40. The number of hydrogen-bond donors (Lipinski definition) is 1. The van der Waals surface area contributed by atoms with Crippen molar-refractivity contribution in [3.8, 4) is 0 Å². The molecule has 24 heavy (non-hydrogen) atoms. The summed E-state index contributed by atoms with van der Waals surface area (Å²) in [6.45, 7) is 5.01. The summed E-state index contributed by atoms with van der Waals surface area (Å²) < 4.78 is 0. The molecule has 0 unspecified atom stereocenters. The highest BCUT2D eigenvalue weighted by Gasteiger charge is 2.27. The average Bonchev–Trinajstić information content (AvgIpc) is 2.63. The number of urea groups is 1. The average molecular weight is 329 g/mol. The monoisotopic (exact) mass is 329 g/mol. The highest BCUT2D eigenvalue weighted by molar-refractivity contribution is 5.96. The van der Waals surface area contributed by atoms with Gasteiger partial charge in [-0.1, -0.05) is 31.4 Å². The van der Waals surface area contributed by atoms with E-state index in [-0.39, 0.29) is 11.8 Å². The molecule has 1 heterocycles. The van der Waals surface area contributed by atoms with Crippen LogP contribution in [0.3, 0.4) is 0 Å². The van der Waals surface area contributed by atoms with Gasteiger partial charge >= 0.3 is 6.03 Å². The quantitative estimate of drug-likeness (QED) is 0.865. The molecule has 1 aromatic rings. The second-order valence-electron chi connectivity index (χ2n) is 6.88. The third kappa shape index (κ3) is 4.15. The van der Waals surface area contributed by atoms with Gasteiger partial charge in [0.2, 0.25) is 0 Å². The number of anilines is 1. The summed E-state index contributed by atoms with van der Waals surface area (Å²) in [7, 11) is 0. The van der Waals surface area contributed by atoms with Crippen molar-refractivity contribution in [3.63, 3.8) is 0 Å². The van der Waals surface area contributed by atoms with Crippen LogP contribution in [0.2, 0.25) is 0 Å². The van der Waals surface area contributed by atoms with Crippen LogP contribution in [0.25, 0.3) is 0 Å². The molecule has 0 aromatic heterocycles. The number of hydrogen-bond acceptors (Lipinski definition) is 3. The Bertz CT molecular complexity index is 588. The van der Waals surface area contributed by atoms with Gasteiger partial charge in [-0.2, -0.15) is 0 Å². The zero-order valence-corrected chi connectivity index (χ0v) is 14.5. The smallest absolute Gasteiger partial charge is 0.321 e. The molecule has 2 aliphatic rings. The number of ketones is 1. The molecule has 0 atom stereocenters. The van der Waals surface area contributed by atoms with Crippen LogP contribution in [0, 0.1) is 0 Å². The van der Waals surface area contributed by atoms with E-state index in [0.29, 0.717) is 11.3 Å². The molecule has 130 valence electrons. The van der Waals surface area contributed by atoms with Crippen molar-refractivity contribution in [1.29, 1.82) is 0 Å². The van der Waals surface area contributed by atoms with Gasteiger partial charge in [0.15, 0.2) is 5.78 Å². The van der Waals surface area contributed by atoms with Gasteiger partial charge in [0, 0.05) is 43.5 Å². The molecular weight excluding hydrogens is 302 g/mol. The molecule has 1 aliphatic heterocycles. The Morgan fingerprint density at radius 2 is 1.75 bits per heavy atom. The van der Waals surface area contributed by atoms with Crippen molar-refractivity contribution in [2.24, 2.45) is 0 Å². The van der Waals surface area contributed by atoms with Crippen molar-refractivity contribution < 1.29 is 9.59 Å². The number of amides is 2. The SMILES string of the molecule is CC(=O)c1cccc(NC(=O)N2CCN(C3CCCCC3)CC2)c1. The minimum atomic E-state index is -0.0704. The maximum atomic E-state index is 12.4. The number of carbonyl (C=O) groups excluding carboxylic acids is 2. The minimum Gasteiger partial charge on any atom is -0.322 e. The van der Waals surface area contributed by atoms with E-state index in [1.165, 1.54) is 39.0 Å². The molecular formula is C19H27N3O2. The summed E-state index contributed by atoms with van der Waals surface area (Å²) in [6.07, 6.45) is 6.68. The molecule has 1 saturated carbocycles. The summed E-state index contributed by atoms with van der Waals surface area (Å²) in [5.74, 6) is 0.00666. The zero-order valence-electron chi connectivity index (χ0n) is 14.5. The highest BCUT2D eigenvalue weighted by Crippen LogP contribution is 2.23. The van der Waals surface area contributed by atoms with E-state index in [9.17, 15) is 9.59 Å². The second kappa shape index (κ2) is 7.79. The van der Waals surface area contributed by atoms with Crippen molar-refractivity contribution >= 4 is 17.5 Å². The van der Waals surface area contributed by atoms with Gasteiger partial charge in [-0.15, -0.1) is 0 Å². The molecule has 3 rings (SSSR count). The summed E-state index contributed by atoms with van der Waals surface area (Å²) >= 11 is 0. The number of benzene rings is 1. The summed E-state index contributed by atoms with van der Waals surface area (Å²) in [4.78, 5) is 28.3. The molecule has 0 bridgehead atoms. The summed E-state index contributed by atoms with van der Waals surface area (Å²) in [6, 6.07) is 7.77. The predicted molar refractivity (Wildman–Crippen MR) is 95.5 cm³/mol. The van der Waals surface area contributed by atoms with Gasteiger partial charge in [-0.3, -0.25) is 9.69 Å². The normalized spacial score (nSPS) is 20.0. The topological polar surface area (TPSA) is 52.7 Å². The number of nitrogens with one attached hydrogen (secondary N) is 1. The van der Waals surface area contributed by atoms with Crippen molar-refractivity contribution in [1.82, 2.24) is 9.80 Å². The number of piperazine rings is 1. The van der Waals surface area contributed by atoms with E-state index < -0.39 is 0 Å². The predicted octanol–water partition coefficient (Wildman–Crippen LogP) is 3.37. The number of Topliss-reactive ketones (excluding diaryl/α,β-unsaturated/α-hetero) is 1. The van der Waals surface area contributed by atoms with Crippen molar-refractivity contribution in [2.45, 2.75) is 45.1 Å². The van der Waals surface area contributed by atoms with Crippen LogP contribution in [0.15, 0.2) is 24.3 Å². The molecule has 1 aliphatic carbocycles. The molecule has 0 spiro atoms. The standard InChI is InChI=1S/C19H27N3O2/c1-15(23)16-6-5-7-17(14-16)20-19(24)22-12-10-21(11-13-22)18-8-3-2-4-9-18/h5-7,14,18H,2-4,8-13H2,1H3,(H,20,24). The number of rotatable bonds is 3. The van der Waals surface area contributed by atoms with Crippen LogP contribution in [-0.2, 0) is 0 Å². The van der Waals surface area contributed by atoms with E-state index in [4.69, 9.17) is 0 Å². The van der Waals surface area contributed by atoms with Crippen LogP contribution in [0.5, 0.6) is 0 Å². The number of nitrogens with zero attached hydrogens (tertiary/aromatic N) is 2. The molecule has 5 heteroatoms. The van der Waals surface area contributed by atoms with Crippen LogP contribution in [0.1, 0.15) is 49.4 Å². The Morgan fingerprint density at radius 3 is 2.42 bits per heavy atom. The minimum absolute atomic E-state index is 0.00666. The van der Waals surface area contributed by atoms with Crippen LogP contribution >= 0.6 is 0 Å². The van der Waals surface area contributed by atoms with E-state index in [1.807, 2.05) is 11.0 Å². The maximum absolute atomic E-state index is 12.4. The molecule has 0 radical (unpaired) electrons. The zero-order chi connectivity index (χ0) is 16.9. The van der Waals surface area contributed by atoms with Gasteiger partial charge < -0.3 is 10.2 Å². The van der Waals surface area contributed by atoms with E-state index in [2.05, 4.69) is 10.2 Å². The molecule has 1 N–H and O–H groups in total. The molecule has 5 nitrogen and oxygen atoms in total. The lowest BCUT2D eigenvalue weighted by Crippen LogP contribution is -2.53. The lowest BCUT2D eigenvalue weighted by atomic mass is 9.94. The summed E-state index contributed by atoms with van der Waals surface area (Å²) in [5.41, 5.74) is 1.30. The Kier molecular flexibility index (Phi) is 5.51. The van der Waals surface area contributed by atoms with Gasteiger partial charge in [0.1, 0.15) is 0 Å². The molecule has 1 aromatic carbocycles. The Hall–Kier alpha value is -1.88. The van der Waals surface area contributed by atoms with E-state index in [0.717, 1.165) is 32.2 Å². The molecule has 2 amide bonds. The third-order valence-corrected chi connectivity index (χ3v) is 5.21. The third-order valence-electron chi connectivity index (χ3n) is 5.21. The van der Waals surface area contributed by atoms with Crippen LogP contribution in [-0.4, -0.2) is 53.8 Å². The number of carbonyl (C=O) groups is 2. The van der Waals surface area contributed by atoms with Gasteiger partial charge in [0.05, 0.1) is 0 Å². The fraction of sp³-hybridized carbons (Fsp3) is 0.579. The van der Waals surface area contributed by atoms with E-state index >= 15 is 0 Å². The van der Waals surface area contributed by atoms with Crippen molar-refractivity contribution in [2.75, 3.05) is 31.5 Å². The Labute approximate surface area is 144 Å². The van der Waals surface area contributed by atoms with Gasteiger partial charge in [-0.05, 0) is 31.9 Å². The van der Waals surface area contributed by atoms with Gasteiger partial charge in [0.25, 0.3) is 0 Å². The molecule has 2 fully saturated rings. The fourth-order valence-electron chi connectivity index (χ4n) is 3.75. The van der Waals surface area contributed by atoms with Crippen molar-refractivity contribution in [3.05, 3.63) is 29.8 Å². The largest absolute Gasteiger partial charge is 0.322 e. The first-order valence-corrected chi connectivity index (χ1v) is 9.04.